The molecule has 1 N–H and O–H groups in total. The van der Waals surface area contributed by atoms with Gasteiger partial charge < -0.3 is 5.32 Å². The summed E-state index contributed by atoms with van der Waals surface area (Å²) in [4.78, 5) is 0. The van der Waals surface area contributed by atoms with Crippen LogP contribution in [-0.2, 0) is 6.42 Å². The predicted molar refractivity (Wildman–Crippen MR) is 72.2 cm³/mol. The average molecular weight is 270 g/mol. The topological polar surface area (TPSA) is 35.8 Å². The van der Waals surface area contributed by atoms with E-state index < -0.39 is 5.82 Å². The van der Waals surface area contributed by atoms with E-state index in [1.807, 2.05) is 12.1 Å². The van der Waals surface area contributed by atoms with Crippen molar-refractivity contribution in [3.8, 4) is 6.07 Å². The van der Waals surface area contributed by atoms with Crippen molar-refractivity contribution in [3.63, 3.8) is 0 Å². The van der Waals surface area contributed by atoms with Crippen LogP contribution in [0.5, 0.6) is 0 Å². The van der Waals surface area contributed by atoms with Crippen LogP contribution < -0.4 is 5.32 Å². The van der Waals surface area contributed by atoms with Crippen molar-refractivity contribution >= 4 is 5.69 Å². The van der Waals surface area contributed by atoms with Gasteiger partial charge in [-0.2, -0.15) is 5.26 Å². The molecule has 0 saturated heterocycles. The first kappa shape index (κ1) is 12.6. The highest BCUT2D eigenvalue weighted by Crippen LogP contribution is 2.35. The fourth-order valence-corrected chi connectivity index (χ4v) is 2.68. The van der Waals surface area contributed by atoms with Crippen molar-refractivity contribution in [3.05, 3.63) is 64.7 Å². The molecule has 2 nitrogen and oxygen atoms in total. The molecular weight excluding hydrogens is 258 g/mol. The van der Waals surface area contributed by atoms with E-state index in [0.717, 1.165) is 17.5 Å². The minimum atomic E-state index is -0.440. The van der Waals surface area contributed by atoms with Crippen molar-refractivity contribution in [2.75, 3.05) is 5.32 Å². The predicted octanol–water partition coefficient (Wildman–Crippen LogP) is 3.94. The zero-order valence-electron chi connectivity index (χ0n) is 10.7. The SMILES string of the molecule is N#Cc1cc(F)ccc1NC1CCc2c(F)cccc21. The highest BCUT2D eigenvalue weighted by Gasteiger charge is 2.25. The monoisotopic (exact) mass is 270 g/mol. The van der Waals surface area contributed by atoms with Crippen LogP contribution in [-0.4, -0.2) is 0 Å². The van der Waals surface area contributed by atoms with Gasteiger partial charge in [0.2, 0.25) is 0 Å². The van der Waals surface area contributed by atoms with Crippen molar-refractivity contribution in [1.29, 1.82) is 5.26 Å². The molecule has 1 aliphatic rings. The van der Waals surface area contributed by atoms with Crippen LogP contribution in [0.3, 0.4) is 0 Å². The van der Waals surface area contributed by atoms with Crippen LogP contribution in [0.25, 0.3) is 0 Å². The van der Waals surface area contributed by atoms with Gasteiger partial charge in [0.1, 0.15) is 17.7 Å². The molecule has 20 heavy (non-hydrogen) atoms. The Hall–Kier alpha value is -2.41. The van der Waals surface area contributed by atoms with Crippen molar-refractivity contribution in [2.24, 2.45) is 0 Å². The van der Waals surface area contributed by atoms with E-state index in [2.05, 4.69) is 5.32 Å². The van der Waals surface area contributed by atoms with E-state index in [9.17, 15) is 8.78 Å². The lowest BCUT2D eigenvalue weighted by Gasteiger charge is -2.16. The summed E-state index contributed by atoms with van der Waals surface area (Å²) in [5.41, 5.74) is 2.48. The fourth-order valence-electron chi connectivity index (χ4n) is 2.68. The van der Waals surface area contributed by atoms with Crippen LogP contribution in [0, 0.1) is 23.0 Å². The Morgan fingerprint density at radius 3 is 2.85 bits per heavy atom. The number of benzene rings is 2. The van der Waals surface area contributed by atoms with E-state index >= 15 is 0 Å². The zero-order chi connectivity index (χ0) is 14.1. The molecule has 0 aromatic heterocycles. The first-order valence-electron chi connectivity index (χ1n) is 6.42. The highest BCUT2D eigenvalue weighted by molar-refractivity contribution is 5.59. The van der Waals surface area contributed by atoms with E-state index in [-0.39, 0.29) is 17.4 Å². The largest absolute Gasteiger partial charge is 0.377 e. The summed E-state index contributed by atoms with van der Waals surface area (Å²) in [6, 6.07) is 11.0. The fraction of sp³-hybridized carbons (Fsp3) is 0.188. The van der Waals surface area contributed by atoms with Crippen LogP contribution in [0.1, 0.15) is 29.2 Å². The van der Waals surface area contributed by atoms with Crippen LogP contribution >= 0.6 is 0 Å². The molecule has 100 valence electrons. The molecule has 4 heteroatoms. The van der Waals surface area contributed by atoms with E-state index in [1.165, 1.54) is 18.2 Å². The standard InChI is InChI=1S/C16H12F2N2/c17-11-4-6-15(10(8-11)9-19)20-16-7-5-12-13(16)2-1-3-14(12)18/h1-4,6,8,16,20H,5,7H2. The number of nitrogens with zero attached hydrogens (tertiary/aromatic N) is 1. The van der Waals surface area contributed by atoms with Gasteiger partial charge in [-0.05, 0) is 48.2 Å². The smallest absolute Gasteiger partial charge is 0.126 e. The second kappa shape index (κ2) is 4.93. The van der Waals surface area contributed by atoms with Gasteiger partial charge in [-0.25, -0.2) is 8.78 Å². The Kier molecular flexibility index (Phi) is 3.11. The summed E-state index contributed by atoms with van der Waals surface area (Å²) in [7, 11) is 0. The Labute approximate surface area is 115 Å². The normalized spacial score (nSPS) is 16.6. The number of hydrogen-bond donors (Lipinski definition) is 1. The van der Waals surface area contributed by atoms with E-state index in [0.29, 0.717) is 12.1 Å². The van der Waals surface area contributed by atoms with Gasteiger partial charge in [0.05, 0.1) is 17.3 Å². The van der Waals surface area contributed by atoms with Gasteiger partial charge in [-0.15, -0.1) is 0 Å². The van der Waals surface area contributed by atoms with E-state index in [1.54, 1.807) is 12.1 Å². The third-order valence-corrected chi connectivity index (χ3v) is 3.65. The van der Waals surface area contributed by atoms with E-state index in [4.69, 9.17) is 5.26 Å². The molecule has 0 radical (unpaired) electrons. The summed E-state index contributed by atoms with van der Waals surface area (Å²) in [6.45, 7) is 0. The van der Waals surface area contributed by atoms with Crippen molar-refractivity contribution < 1.29 is 8.78 Å². The lowest BCUT2D eigenvalue weighted by molar-refractivity contribution is 0.612. The Balaban J connectivity index is 1.92. The van der Waals surface area contributed by atoms with Gasteiger partial charge in [0.25, 0.3) is 0 Å². The molecule has 3 rings (SSSR count). The molecule has 0 amide bonds. The molecule has 0 saturated carbocycles. The van der Waals surface area contributed by atoms with Gasteiger partial charge in [-0.3, -0.25) is 0 Å². The summed E-state index contributed by atoms with van der Waals surface area (Å²) >= 11 is 0. The lowest BCUT2D eigenvalue weighted by atomic mass is 10.1. The lowest BCUT2D eigenvalue weighted by Crippen LogP contribution is -2.08. The van der Waals surface area contributed by atoms with Crippen molar-refractivity contribution in [1.82, 2.24) is 0 Å². The number of nitriles is 1. The van der Waals surface area contributed by atoms with Crippen molar-refractivity contribution in [2.45, 2.75) is 18.9 Å². The average Bonchev–Trinajstić information content (AvgIpc) is 2.85. The number of halogens is 2. The van der Waals surface area contributed by atoms with Crippen LogP contribution in [0.15, 0.2) is 36.4 Å². The number of anilines is 1. The van der Waals surface area contributed by atoms with Gasteiger partial charge >= 0.3 is 0 Å². The Bertz CT molecular complexity index is 704. The minimum Gasteiger partial charge on any atom is -0.377 e. The molecule has 2 aromatic rings. The molecule has 0 fully saturated rings. The zero-order valence-corrected chi connectivity index (χ0v) is 10.7. The molecule has 1 unspecified atom stereocenters. The van der Waals surface area contributed by atoms with Crippen LogP contribution in [0.4, 0.5) is 14.5 Å². The molecule has 0 spiro atoms. The first-order chi connectivity index (χ1) is 9.69. The molecule has 2 aromatic carbocycles. The number of hydrogen-bond acceptors (Lipinski definition) is 2. The molecule has 1 atom stereocenters. The number of rotatable bonds is 2. The molecule has 0 aliphatic heterocycles. The van der Waals surface area contributed by atoms with Gasteiger partial charge in [0, 0.05) is 0 Å². The summed E-state index contributed by atoms with van der Waals surface area (Å²) < 4.78 is 26.8. The summed E-state index contributed by atoms with van der Waals surface area (Å²) in [6.07, 6.45) is 1.43. The van der Waals surface area contributed by atoms with Crippen LogP contribution in [0.2, 0.25) is 0 Å². The number of nitrogens with one attached hydrogen (secondary N) is 1. The second-order valence-corrected chi connectivity index (χ2v) is 4.84. The second-order valence-electron chi connectivity index (χ2n) is 4.84. The minimum absolute atomic E-state index is 0.0433. The highest BCUT2D eigenvalue weighted by atomic mass is 19.1. The first-order valence-corrected chi connectivity index (χ1v) is 6.42. The maximum Gasteiger partial charge on any atom is 0.126 e. The summed E-state index contributed by atoms with van der Waals surface area (Å²) in [5.74, 6) is -0.628. The van der Waals surface area contributed by atoms with Gasteiger partial charge in [0.15, 0.2) is 0 Å². The quantitative estimate of drug-likeness (QED) is 0.897. The maximum atomic E-state index is 13.7. The molecular formula is C16H12F2N2. The van der Waals surface area contributed by atoms with Gasteiger partial charge in [-0.1, -0.05) is 12.1 Å². The Morgan fingerprint density at radius 1 is 1.20 bits per heavy atom. The summed E-state index contributed by atoms with van der Waals surface area (Å²) in [5, 5.41) is 12.3. The third kappa shape index (κ3) is 2.12. The Morgan fingerprint density at radius 2 is 2.05 bits per heavy atom. The molecule has 0 bridgehead atoms. The maximum absolute atomic E-state index is 13.7. The molecule has 0 heterocycles. The third-order valence-electron chi connectivity index (χ3n) is 3.65. The molecule has 1 aliphatic carbocycles. The number of fused-ring (bicyclic) bond motifs is 1.